The maximum absolute atomic E-state index is 12.6. The summed E-state index contributed by atoms with van der Waals surface area (Å²) in [6.45, 7) is 1.82. The maximum Gasteiger partial charge on any atom is 0.347 e. The first-order valence-electron chi connectivity index (χ1n) is 8.93. The molecule has 0 aromatic heterocycles. The van der Waals surface area contributed by atoms with Gasteiger partial charge < -0.3 is 19.5 Å². The van der Waals surface area contributed by atoms with Gasteiger partial charge in [0, 0.05) is 5.69 Å². The van der Waals surface area contributed by atoms with E-state index in [1.165, 1.54) is 14.2 Å². The monoisotopic (exact) mass is 391 g/mol. The first-order valence-corrected chi connectivity index (χ1v) is 8.93. The quantitative estimate of drug-likeness (QED) is 0.495. The van der Waals surface area contributed by atoms with Crippen LogP contribution in [0.5, 0.6) is 17.2 Å². The van der Waals surface area contributed by atoms with Gasteiger partial charge in [-0.25, -0.2) is 4.79 Å². The van der Waals surface area contributed by atoms with E-state index in [2.05, 4.69) is 5.32 Å². The molecule has 6 nitrogen and oxygen atoms in total. The summed E-state index contributed by atoms with van der Waals surface area (Å²) in [5, 5.41) is 2.85. The number of nitrogens with one attached hydrogen (secondary N) is 1. The first kappa shape index (κ1) is 19.9. The average molecular weight is 391 g/mol. The molecule has 1 amide bonds. The minimum Gasteiger partial charge on any atom is -0.496 e. The number of anilines is 1. The van der Waals surface area contributed by atoms with Gasteiger partial charge in [-0.15, -0.1) is 0 Å². The highest BCUT2D eigenvalue weighted by atomic mass is 16.5. The molecule has 0 bridgehead atoms. The summed E-state index contributed by atoms with van der Waals surface area (Å²) >= 11 is 0. The molecule has 0 fully saturated rings. The van der Waals surface area contributed by atoms with E-state index in [1.54, 1.807) is 66.7 Å². The lowest BCUT2D eigenvalue weighted by Crippen LogP contribution is -2.14. The summed E-state index contributed by atoms with van der Waals surface area (Å²) in [4.78, 5) is 25.0. The van der Waals surface area contributed by atoms with Crippen LogP contribution in [0.2, 0.25) is 0 Å². The second-order valence-corrected chi connectivity index (χ2v) is 6.22. The van der Waals surface area contributed by atoms with Gasteiger partial charge >= 0.3 is 5.97 Å². The Hall–Kier alpha value is -3.80. The zero-order chi connectivity index (χ0) is 20.8. The smallest absolute Gasteiger partial charge is 0.347 e. The molecule has 6 heteroatoms. The van der Waals surface area contributed by atoms with Gasteiger partial charge in [0.15, 0.2) is 0 Å². The molecule has 29 heavy (non-hydrogen) atoms. The Morgan fingerprint density at radius 1 is 0.793 bits per heavy atom. The van der Waals surface area contributed by atoms with Crippen molar-refractivity contribution in [2.45, 2.75) is 6.92 Å². The molecule has 3 rings (SSSR count). The van der Waals surface area contributed by atoms with E-state index in [-0.39, 0.29) is 5.91 Å². The molecule has 3 aromatic carbocycles. The molecule has 0 atom stereocenters. The summed E-state index contributed by atoms with van der Waals surface area (Å²) in [6.07, 6.45) is 0. The van der Waals surface area contributed by atoms with Gasteiger partial charge in [0.05, 0.1) is 19.8 Å². The van der Waals surface area contributed by atoms with Crippen LogP contribution in [0.15, 0.2) is 66.7 Å². The van der Waals surface area contributed by atoms with E-state index >= 15 is 0 Å². The summed E-state index contributed by atoms with van der Waals surface area (Å²) in [5.41, 5.74) is 2.12. The van der Waals surface area contributed by atoms with E-state index in [0.717, 1.165) is 5.56 Å². The van der Waals surface area contributed by atoms with Crippen LogP contribution in [-0.2, 0) is 0 Å². The number of para-hydroxylation sites is 2. The largest absolute Gasteiger partial charge is 0.496 e. The number of carbonyl (C=O) groups excluding carboxylic acids is 2. The second kappa shape index (κ2) is 8.93. The third-order valence-electron chi connectivity index (χ3n) is 4.34. The second-order valence-electron chi connectivity index (χ2n) is 6.22. The standard InChI is InChI=1S/C23H21NO5/c1-15-14-16(29-23(26)18-9-5-7-11-21(18)28-3)12-13-19(15)24-22(25)17-8-4-6-10-20(17)27-2/h4-14H,1-3H3,(H,24,25). The lowest BCUT2D eigenvalue weighted by molar-refractivity contribution is 0.0731. The molecular formula is C23H21NO5. The van der Waals surface area contributed by atoms with Gasteiger partial charge in [-0.2, -0.15) is 0 Å². The number of hydrogen-bond acceptors (Lipinski definition) is 5. The van der Waals surface area contributed by atoms with Crippen molar-refractivity contribution in [2.24, 2.45) is 0 Å². The minimum atomic E-state index is -0.521. The molecule has 148 valence electrons. The van der Waals surface area contributed by atoms with Crippen molar-refractivity contribution in [3.8, 4) is 17.2 Å². The lowest BCUT2D eigenvalue weighted by atomic mass is 10.1. The highest BCUT2D eigenvalue weighted by molar-refractivity contribution is 6.06. The molecule has 0 spiro atoms. The minimum absolute atomic E-state index is 0.288. The van der Waals surface area contributed by atoms with Crippen LogP contribution in [0.3, 0.4) is 0 Å². The van der Waals surface area contributed by atoms with Crippen molar-refractivity contribution < 1.29 is 23.8 Å². The van der Waals surface area contributed by atoms with Gasteiger partial charge in [0.2, 0.25) is 0 Å². The Balaban J connectivity index is 1.75. The number of methoxy groups -OCH3 is 2. The van der Waals surface area contributed by atoms with Gasteiger partial charge in [-0.05, 0) is 55.0 Å². The molecule has 1 N–H and O–H groups in total. The Morgan fingerprint density at radius 3 is 2.00 bits per heavy atom. The SMILES string of the molecule is COc1ccccc1C(=O)Nc1ccc(OC(=O)c2ccccc2OC)cc1C. The number of rotatable bonds is 6. The van der Waals surface area contributed by atoms with Crippen molar-refractivity contribution >= 4 is 17.6 Å². The van der Waals surface area contributed by atoms with Gasteiger partial charge in [0.25, 0.3) is 5.91 Å². The molecule has 0 saturated carbocycles. The maximum atomic E-state index is 12.6. The zero-order valence-electron chi connectivity index (χ0n) is 16.4. The molecular weight excluding hydrogens is 370 g/mol. The molecule has 0 radical (unpaired) electrons. The van der Waals surface area contributed by atoms with Crippen molar-refractivity contribution in [2.75, 3.05) is 19.5 Å². The van der Waals surface area contributed by atoms with E-state index < -0.39 is 5.97 Å². The Labute approximate surface area is 169 Å². The number of amides is 1. The van der Waals surface area contributed by atoms with Crippen LogP contribution in [0.1, 0.15) is 26.3 Å². The average Bonchev–Trinajstić information content (AvgIpc) is 2.75. The van der Waals surface area contributed by atoms with Crippen LogP contribution in [0.4, 0.5) is 5.69 Å². The van der Waals surface area contributed by atoms with Crippen molar-refractivity contribution in [1.29, 1.82) is 0 Å². The van der Waals surface area contributed by atoms with Gasteiger partial charge in [-0.3, -0.25) is 4.79 Å². The van der Waals surface area contributed by atoms with Gasteiger partial charge in [-0.1, -0.05) is 24.3 Å². The molecule has 0 heterocycles. The fourth-order valence-corrected chi connectivity index (χ4v) is 2.84. The third kappa shape index (κ3) is 4.55. The predicted octanol–water partition coefficient (Wildman–Crippen LogP) is 4.48. The molecule has 0 aliphatic rings. The summed E-state index contributed by atoms with van der Waals surface area (Å²) < 4.78 is 15.9. The van der Waals surface area contributed by atoms with Crippen LogP contribution in [0, 0.1) is 6.92 Å². The van der Waals surface area contributed by atoms with E-state index in [0.29, 0.717) is 34.1 Å². The number of carbonyl (C=O) groups is 2. The topological polar surface area (TPSA) is 73.9 Å². The van der Waals surface area contributed by atoms with Gasteiger partial charge in [0.1, 0.15) is 22.8 Å². The molecule has 3 aromatic rings. The normalized spacial score (nSPS) is 10.2. The number of aryl methyl sites for hydroxylation is 1. The predicted molar refractivity (Wildman–Crippen MR) is 110 cm³/mol. The number of benzene rings is 3. The number of hydrogen-bond donors (Lipinski definition) is 1. The van der Waals surface area contributed by atoms with E-state index in [1.807, 2.05) is 6.92 Å². The molecule has 0 unspecified atom stereocenters. The van der Waals surface area contributed by atoms with Crippen LogP contribution >= 0.6 is 0 Å². The number of esters is 1. The highest BCUT2D eigenvalue weighted by Crippen LogP contribution is 2.26. The fraction of sp³-hybridized carbons (Fsp3) is 0.130. The summed E-state index contributed by atoms with van der Waals surface area (Å²) in [6, 6.07) is 18.8. The van der Waals surface area contributed by atoms with E-state index in [4.69, 9.17) is 14.2 Å². The highest BCUT2D eigenvalue weighted by Gasteiger charge is 2.16. The number of ether oxygens (including phenoxy) is 3. The Morgan fingerprint density at radius 2 is 1.38 bits per heavy atom. The molecule has 0 aliphatic carbocycles. The van der Waals surface area contributed by atoms with E-state index in [9.17, 15) is 9.59 Å². The lowest BCUT2D eigenvalue weighted by Gasteiger charge is -2.13. The summed E-state index contributed by atoms with van der Waals surface area (Å²) in [7, 11) is 3.01. The van der Waals surface area contributed by atoms with Crippen molar-refractivity contribution in [3.63, 3.8) is 0 Å². The Kier molecular flexibility index (Phi) is 6.14. The van der Waals surface area contributed by atoms with Crippen LogP contribution in [-0.4, -0.2) is 26.1 Å². The molecule has 0 saturated heterocycles. The third-order valence-corrected chi connectivity index (χ3v) is 4.34. The molecule has 0 aliphatic heterocycles. The fourth-order valence-electron chi connectivity index (χ4n) is 2.84. The van der Waals surface area contributed by atoms with Crippen molar-refractivity contribution in [3.05, 3.63) is 83.4 Å². The Bertz CT molecular complexity index is 1040. The van der Waals surface area contributed by atoms with Crippen LogP contribution < -0.4 is 19.5 Å². The zero-order valence-corrected chi connectivity index (χ0v) is 16.4. The first-order chi connectivity index (χ1) is 14.0. The van der Waals surface area contributed by atoms with Crippen molar-refractivity contribution in [1.82, 2.24) is 0 Å². The van der Waals surface area contributed by atoms with Crippen LogP contribution in [0.25, 0.3) is 0 Å². The summed E-state index contributed by atoms with van der Waals surface area (Å²) in [5.74, 6) is 0.491.